The zero-order valence-corrected chi connectivity index (χ0v) is 7.47. The Hall–Kier alpha value is -0.440. The fourth-order valence-electron chi connectivity index (χ4n) is 2.12. The van der Waals surface area contributed by atoms with Gasteiger partial charge in [0, 0.05) is 5.92 Å². The van der Waals surface area contributed by atoms with Crippen molar-refractivity contribution in [3.05, 3.63) is 0 Å². The molecule has 0 radical (unpaired) electrons. The van der Waals surface area contributed by atoms with Gasteiger partial charge in [0.05, 0.1) is 0 Å². The third-order valence-electron chi connectivity index (χ3n) is 2.87. The third kappa shape index (κ3) is 2.26. The maximum absolute atomic E-state index is 5.46. The Bertz CT molecular complexity index is 135. The van der Waals surface area contributed by atoms with Crippen molar-refractivity contribution in [1.82, 2.24) is 0 Å². The van der Waals surface area contributed by atoms with Gasteiger partial charge in [-0.2, -0.15) is 0 Å². The molecule has 0 aromatic rings. The van der Waals surface area contributed by atoms with E-state index in [-0.39, 0.29) is 0 Å². The number of rotatable bonds is 2. The van der Waals surface area contributed by atoms with Crippen molar-refractivity contribution in [3.8, 4) is 12.3 Å². The van der Waals surface area contributed by atoms with E-state index in [4.69, 9.17) is 6.42 Å². The Morgan fingerprint density at radius 2 is 2.00 bits per heavy atom. The van der Waals surface area contributed by atoms with Crippen LogP contribution in [0.1, 0.15) is 45.4 Å². The normalized spacial score (nSPS) is 22.5. The first-order chi connectivity index (χ1) is 5.38. The van der Waals surface area contributed by atoms with Crippen LogP contribution in [0.5, 0.6) is 0 Å². The zero-order valence-electron chi connectivity index (χ0n) is 7.47. The highest BCUT2D eigenvalue weighted by Gasteiger charge is 2.19. The van der Waals surface area contributed by atoms with Crippen molar-refractivity contribution < 1.29 is 0 Å². The fraction of sp³-hybridized carbons (Fsp3) is 0.818. The lowest BCUT2D eigenvalue weighted by Crippen LogP contribution is -2.15. The Labute approximate surface area is 70.4 Å². The molecule has 62 valence electrons. The van der Waals surface area contributed by atoms with Crippen LogP contribution in [0, 0.1) is 24.2 Å². The molecule has 0 heteroatoms. The van der Waals surface area contributed by atoms with Crippen LogP contribution in [0.15, 0.2) is 0 Å². The van der Waals surface area contributed by atoms with E-state index in [9.17, 15) is 0 Å². The second-order valence-corrected chi connectivity index (χ2v) is 3.58. The molecule has 0 aromatic carbocycles. The van der Waals surface area contributed by atoms with E-state index in [1.165, 1.54) is 38.5 Å². The van der Waals surface area contributed by atoms with Crippen molar-refractivity contribution in [2.45, 2.75) is 45.4 Å². The minimum absolute atomic E-state index is 0.565. The second-order valence-electron chi connectivity index (χ2n) is 3.58. The van der Waals surface area contributed by atoms with Crippen LogP contribution < -0.4 is 0 Å². The summed E-state index contributed by atoms with van der Waals surface area (Å²) in [5.74, 6) is 4.33. The van der Waals surface area contributed by atoms with Crippen molar-refractivity contribution in [3.63, 3.8) is 0 Å². The first kappa shape index (κ1) is 8.65. The maximum atomic E-state index is 5.46. The first-order valence-corrected chi connectivity index (χ1v) is 4.84. The Morgan fingerprint density at radius 3 is 2.45 bits per heavy atom. The molecule has 1 fully saturated rings. The lowest BCUT2D eigenvalue weighted by molar-refractivity contribution is 0.288. The highest BCUT2D eigenvalue weighted by molar-refractivity contribution is 4.96. The lowest BCUT2D eigenvalue weighted by atomic mass is 9.79. The Morgan fingerprint density at radius 1 is 1.36 bits per heavy atom. The molecule has 0 bridgehead atoms. The van der Waals surface area contributed by atoms with Crippen molar-refractivity contribution >= 4 is 0 Å². The van der Waals surface area contributed by atoms with Crippen LogP contribution in [0.3, 0.4) is 0 Å². The van der Waals surface area contributed by atoms with E-state index >= 15 is 0 Å². The van der Waals surface area contributed by atoms with Crippen molar-refractivity contribution in [2.75, 3.05) is 0 Å². The van der Waals surface area contributed by atoms with E-state index in [2.05, 4.69) is 12.8 Å². The first-order valence-electron chi connectivity index (χ1n) is 4.84. The average Bonchev–Trinajstić information content (AvgIpc) is 2.09. The summed E-state index contributed by atoms with van der Waals surface area (Å²) in [7, 11) is 0. The summed E-state index contributed by atoms with van der Waals surface area (Å²) in [4.78, 5) is 0. The summed E-state index contributed by atoms with van der Waals surface area (Å²) in [5.41, 5.74) is 0. The van der Waals surface area contributed by atoms with Gasteiger partial charge in [-0.25, -0.2) is 0 Å². The molecular formula is C11H18. The molecule has 1 aliphatic rings. The largest absolute Gasteiger partial charge is 0.120 e. The van der Waals surface area contributed by atoms with Crippen LogP contribution in [0.25, 0.3) is 0 Å². The monoisotopic (exact) mass is 150 g/mol. The van der Waals surface area contributed by atoms with Crippen LogP contribution in [-0.2, 0) is 0 Å². The van der Waals surface area contributed by atoms with Gasteiger partial charge in [-0.15, -0.1) is 12.3 Å². The summed E-state index contributed by atoms with van der Waals surface area (Å²) in [6, 6.07) is 0. The molecular weight excluding hydrogens is 132 g/mol. The fourth-order valence-corrected chi connectivity index (χ4v) is 2.12. The molecule has 11 heavy (non-hydrogen) atoms. The van der Waals surface area contributed by atoms with Crippen LogP contribution >= 0.6 is 0 Å². The summed E-state index contributed by atoms with van der Waals surface area (Å²) < 4.78 is 0. The predicted molar refractivity (Wildman–Crippen MR) is 49.2 cm³/mol. The average molecular weight is 150 g/mol. The van der Waals surface area contributed by atoms with Gasteiger partial charge in [0.15, 0.2) is 0 Å². The second kappa shape index (κ2) is 4.44. The summed E-state index contributed by atoms with van der Waals surface area (Å²) in [6.45, 7) is 2.21. The van der Waals surface area contributed by atoms with E-state index in [0.717, 1.165) is 5.92 Å². The molecule has 1 atom stereocenters. The SMILES string of the molecule is C#CC(CC)C1CCCCC1. The Balaban J connectivity index is 2.38. The molecule has 1 aliphatic carbocycles. The van der Waals surface area contributed by atoms with Gasteiger partial charge < -0.3 is 0 Å². The number of terminal acetylenes is 1. The molecule has 0 nitrogen and oxygen atoms in total. The summed E-state index contributed by atoms with van der Waals surface area (Å²) in [5, 5.41) is 0. The molecule has 1 unspecified atom stereocenters. The van der Waals surface area contributed by atoms with Gasteiger partial charge in [-0.1, -0.05) is 26.2 Å². The van der Waals surface area contributed by atoms with E-state index in [1.54, 1.807) is 0 Å². The van der Waals surface area contributed by atoms with Crippen LogP contribution in [0.2, 0.25) is 0 Å². The van der Waals surface area contributed by atoms with Crippen LogP contribution in [0.4, 0.5) is 0 Å². The van der Waals surface area contributed by atoms with E-state index < -0.39 is 0 Å². The molecule has 1 rings (SSSR count). The summed E-state index contributed by atoms with van der Waals surface area (Å²) in [6.07, 6.45) is 13.6. The van der Waals surface area contributed by atoms with Crippen LogP contribution in [-0.4, -0.2) is 0 Å². The topological polar surface area (TPSA) is 0 Å². The lowest BCUT2D eigenvalue weighted by Gasteiger charge is -2.25. The highest BCUT2D eigenvalue weighted by Crippen LogP contribution is 2.30. The standard InChI is InChI=1S/C11H18/c1-3-10(4-2)11-8-6-5-7-9-11/h1,10-11H,4-9H2,2H3. The molecule has 0 saturated heterocycles. The van der Waals surface area contributed by atoms with Gasteiger partial charge in [-0.05, 0) is 25.2 Å². The summed E-state index contributed by atoms with van der Waals surface area (Å²) >= 11 is 0. The molecule has 0 spiro atoms. The van der Waals surface area contributed by atoms with Gasteiger partial charge in [0.2, 0.25) is 0 Å². The molecule has 0 aromatic heterocycles. The quantitative estimate of drug-likeness (QED) is 0.530. The number of hydrogen-bond acceptors (Lipinski definition) is 0. The van der Waals surface area contributed by atoms with Gasteiger partial charge >= 0.3 is 0 Å². The van der Waals surface area contributed by atoms with E-state index in [0.29, 0.717) is 5.92 Å². The van der Waals surface area contributed by atoms with Crippen molar-refractivity contribution in [1.29, 1.82) is 0 Å². The number of hydrogen-bond donors (Lipinski definition) is 0. The smallest absolute Gasteiger partial charge is 0.0225 e. The minimum Gasteiger partial charge on any atom is -0.120 e. The highest BCUT2D eigenvalue weighted by atomic mass is 14.2. The minimum atomic E-state index is 0.565. The van der Waals surface area contributed by atoms with E-state index in [1.807, 2.05) is 0 Å². The predicted octanol–water partition coefficient (Wildman–Crippen LogP) is 3.23. The zero-order chi connectivity index (χ0) is 8.10. The van der Waals surface area contributed by atoms with Crippen molar-refractivity contribution in [2.24, 2.45) is 11.8 Å². The van der Waals surface area contributed by atoms with Gasteiger partial charge in [-0.3, -0.25) is 0 Å². The Kier molecular flexibility index (Phi) is 3.49. The molecule has 0 N–H and O–H groups in total. The molecule has 1 saturated carbocycles. The van der Waals surface area contributed by atoms with Gasteiger partial charge in [0.25, 0.3) is 0 Å². The molecule has 0 amide bonds. The third-order valence-corrected chi connectivity index (χ3v) is 2.87. The van der Waals surface area contributed by atoms with Gasteiger partial charge in [0.1, 0.15) is 0 Å². The molecule has 0 aliphatic heterocycles. The molecule has 0 heterocycles. The maximum Gasteiger partial charge on any atom is 0.0225 e.